The molecule has 0 saturated carbocycles. The summed E-state index contributed by atoms with van der Waals surface area (Å²) in [5.41, 5.74) is -0.147. The number of carboxylic acids is 1. The summed E-state index contributed by atoms with van der Waals surface area (Å²) in [4.78, 5) is 50.6. The Balaban J connectivity index is 1.45. The van der Waals surface area contributed by atoms with E-state index >= 15 is 0 Å². The first-order chi connectivity index (χ1) is 30.7. The van der Waals surface area contributed by atoms with Crippen molar-refractivity contribution in [2.45, 2.75) is 147 Å². The Morgan fingerprint density at radius 1 is 0.609 bits per heavy atom. The van der Waals surface area contributed by atoms with E-state index in [0.717, 1.165) is 25.7 Å². The van der Waals surface area contributed by atoms with Gasteiger partial charge in [-0.3, -0.25) is 19.1 Å². The van der Waals surface area contributed by atoms with Gasteiger partial charge in [-0.2, -0.15) is 0 Å². The molecule has 1 heterocycles. The van der Waals surface area contributed by atoms with Crippen molar-refractivity contribution in [2.24, 2.45) is 0 Å². The van der Waals surface area contributed by atoms with Crippen LogP contribution in [0.5, 0.6) is 5.75 Å². The number of esters is 1. The van der Waals surface area contributed by atoms with Crippen LogP contribution in [0.15, 0.2) is 47.5 Å². The fraction of sp³-hybridized carbons (Fsp3) is 0.681. The molecule has 3 N–H and O–H groups in total. The van der Waals surface area contributed by atoms with Gasteiger partial charge in [0.25, 0.3) is 15.9 Å². The van der Waals surface area contributed by atoms with Crippen LogP contribution in [-0.2, 0) is 48.1 Å². The molecule has 64 heavy (non-hydrogen) atoms. The van der Waals surface area contributed by atoms with Gasteiger partial charge in [-0.25, -0.2) is 18.2 Å². The lowest BCUT2D eigenvalue weighted by Crippen LogP contribution is -2.28. The number of Topliss-reactive ketones (excluding diaryl/α,β-unsaturated/α-hetero) is 1. The van der Waals surface area contributed by atoms with E-state index in [0.29, 0.717) is 38.2 Å². The zero-order chi connectivity index (χ0) is 46.7. The fourth-order valence-electron chi connectivity index (χ4n) is 6.32. The zero-order valence-electron chi connectivity index (χ0n) is 38.5. The van der Waals surface area contributed by atoms with Crippen LogP contribution in [0.4, 0.5) is 5.82 Å². The fourth-order valence-corrected chi connectivity index (χ4v) is 7.33. The van der Waals surface area contributed by atoms with Crippen LogP contribution < -0.4 is 14.8 Å². The Morgan fingerprint density at radius 3 is 1.72 bits per heavy atom. The summed E-state index contributed by atoms with van der Waals surface area (Å²) in [6, 6.07) is 9.13. The van der Waals surface area contributed by atoms with Crippen LogP contribution in [-0.4, -0.2) is 114 Å². The second kappa shape index (κ2) is 34.2. The van der Waals surface area contributed by atoms with Crippen molar-refractivity contribution in [3.63, 3.8) is 0 Å². The summed E-state index contributed by atoms with van der Waals surface area (Å²) < 4.78 is 60.4. The molecule has 16 nitrogen and oxygen atoms in total. The molecular weight excluding hydrogens is 847 g/mol. The number of ketones is 1. The molecule has 0 bridgehead atoms. The lowest BCUT2D eigenvalue weighted by atomic mass is 10.0. The Hall–Kier alpha value is -4.16. The van der Waals surface area contributed by atoms with E-state index in [1.807, 2.05) is 20.8 Å². The van der Waals surface area contributed by atoms with Crippen molar-refractivity contribution in [1.29, 1.82) is 0 Å². The third-order valence-corrected chi connectivity index (χ3v) is 11.0. The Morgan fingerprint density at radius 2 is 1.16 bits per heavy atom. The Labute approximate surface area is 381 Å². The van der Waals surface area contributed by atoms with Crippen molar-refractivity contribution < 1.29 is 61.1 Å². The number of anilines is 1. The summed E-state index contributed by atoms with van der Waals surface area (Å²) in [6.07, 6.45) is 20.6. The molecule has 2 rings (SSSR count). The van der Waals surface area contributed by atoms with Crippen molar-refractivity contribution in [3.05, 3.63) is 48.2 Å². The molecular formula is C47H75N3O13S. The first-order valence-electron chi connectivity index (χ1n) is 23.0. The number of benzene rings is 1. The highest BCUT2D eigenvalue weighted by Gasteiger charge is 2.17. The number of carbonyl (C=O) groups is 4. The lowest BCUT2D eigenvalue weighted by molar-refractivity contribution is -0.155. The minimum absolute atomic E-state index is 0.0453. The van der Waals surface area contributed by atoms with E-state index in [-0.39, 0.29) is 80.8 Å². The molecule has 0 fully saturated rings. The number of aliphatic carboxylic acids is 1. The van der Waals surface area contributed by atoms with Crippen LogP contribution >= 0.6 is 0 Å². The van der Waals surface area contributed by atoms with Crippen molar-refractivity contribution in [2.75, 3.05) is 70.7 Å². The molecule has 0 aliphatic heterocycles. The number of sulfonamides is 1. The van der Waals surface area contributed by atoms with Gasteiger partial charge in [0.15, 0.2) is 5.78 Å². The minimum Gasteiger partial charge on any atom is -0.494 e. The van der Waals surface area contributed by atoms with Crippen molar-refractivity contribution >= 4 is 39.5 Å². The standard InChI is InChI=1S/C47H75N3O13S/c1-47(2,3)63-45(54)21-17-15-13-11-9-7-5-4-6-8-10-12-14-16-18-30-62-41-23-25-42(26-24-41)64(56,57)50-43-27-22-39(36-49-43)46(55)48-28-31-59-33-34-60-37-40(51)20-19-29-58-32-35-61-38-44(52)53/h22-27,36H,4-21,28-35,37-38H2,1-3H3,(H,48,55)(H,49,50)(H,52,53). The van der Waals surface area contributed by atoms with Crippen LogP contribution in [0.25, 0.3) is 0 Å². The number of amides is 1. The number of carbonyl (C=O) groups excluding carboxylic acids is 3. The molecule has 0 aliphatic carbocycles. The zero-order valence-corrected chi connectivity index (χ0v) is 39.4. The number of unbranched alkanes of at least 4 members (excludes halogenated alkanes) is 14. The van der Waals surface area contributed by atoms with Gasteiger partial charge in [0.05, 0.1) is 50.1 Å². The monoisotopic (exact) mass is 922 g/mol. The SMILES string of the molecule is CC(C)(C)OC(=O)CCCCCCCCCCCCCCCCCOc1ccc(S(=O)(=O)Nc2ccc(C(=O)NCCOCCOCC(=O)CCCOCCOCC(=O)O)cn2)cc1. The molecule has 1 amide bonds. The minimum atomic E-state index is -3.91. The van der Waals surface area contributed by atoms with Gasteiger partial charge >= 0.3 is 11.9 Å². The second-order valence-corrected chi connectivity index (χ2v) is 18.3. The van der Waals surface area contributed by atoms with Crippen molar-refractivity contribution in [1.82, 2.24) is 10.3 Å². The van der Waals surface area contributed by atoms with E-state index in [9.17, 15) is 27.6 Å². The maximum absolute atomic E-state index is 13.0. The quantitative estimate of drug-likeness (QED) is 0.0426. The number of hydrogen-bond donors (Lipinski definition) is 3. The molecule has 1 aromatic heterocycles. The highest BCUT2D eigenvalue weighted by atomic mass is 32.2. The maximum Gasteiger partial charge on any atom is 0.329 e. The first-order valence-corrected chi connectivity index (χ1v) is 24.5. The molecule has 362 valence electrons. The Kier molecular flexibility index (Phi) is 29.9. The second-order valence-electron chi connectivity index (χ2n) is 16.6. The summed E-state index contributed by atoms with van der Waals surface area (Å²) >= 11 is 0. The highest BCUT2D eigenvalue weighted by molar-refractivity contribution is 7.92. The van der Waals surface area contributed by atoms with Crippen LogP contribution in [0.1, 0.15) is 147 Å². The molecule has 0 atom stereocenters. The predicted octanol–water partition coefficient (Wildman–Crippen LogP) is 8.07. The van der Waals surface area contributed by atoms with Gasteiger partial charge in [0, 0.05) is 32.2 Å². The average molecular weight is 922 g/mol. The first kappa shape index (κ1) is 56.0. The molecule has 0 aliphatic rings. The largest absolute Gasteiger partial charge is 0.494 e. The number of pyridine rings is 1. The van der Waals surface area contributed by atoms with Crippen molar-refractivity contribution in [3.8, 4) is 5.75 Å². The molecule has 0 saturated heterocycles. The number of hydrogen-bond acceptors (Lipinski definition) is 13. The van der Waals surface area contributed by atoms with Gasteiger partial charge in [-0.15, -0.1) is 0 Å². The lowest BCUT2D eigenvalue weighted by Gasteiger charge is -2.19. The van der Waals surface area contributed by atoms with Crippen LogP contribution in [0, 0.1) is 0 Å². The third-order valence-electron chi connectivity index (χ3n) is 9.62. The smallest absolute Gasteiger partial charge is 0.329 e. The summed E-state index contributed by atoms with van der Waals surface area (Å²) in [5, 5.41) is 11.2. The Bertz CT molecular complexity index is 1680. The van der Waals surface area contributed by atoms with Gasteiger partial charge in [-0.05, 0) is 76.4 Å². The average Bonchev–Trinajstić information content (AvgIpc) is 3.24. The van der Waals surface area contributed by atoms with E-state index in [4.69, 9.17) is 33.5 Å². The van der Waals surface area contributed by atoms with E-state index in [2.05, 4.69) is 15.0 Å². The topological polar surface area (TPSA) is 215 Å². The molecule has 17 heteroatoms. The third kappa shape index (κ3) is 30.1. The summed E-state index contributed by atoms with van der Waals surface area (Å²) in [7, 11) is -3.91. The molecule has 2 aromatic rings. The predicted molar refractivity (Wildman–Crippen MR) is 244 cm³/mol. The number of aromatic nitrogens is 1. The number of ether oxygens (including phenoxy) is 6. The number of nitrogens with one attached hydrogen (secondary N) is 2. The van der Waals surface area contributed by atoms with Crippen LogP contribution in [0.2, 0.25) is 0 Å². The number of carboxylic acid groups (broad SMARTS) is 1. The van der Waals surface area contributed by atoms with Gasteiger partial charge < -0.3 is 38.8 Å². The van der Waals surface area contributed by atoms with Gasteiger partial charge in [-0.1, -0.05) is 83.5 Å². The van der Waals surface area contributed by atoms with E-state index in [1.165, 1.54) is 101 Å². The highest BCUT2D eigenvalue weighted by Crippen LogP contribution is 2.20. The number of rotatable bonds is 40. The number of nitrogens with zero attached hydrogens (tertiary/aromatic N) is 1. The summed E-state index contributed by atoms with van der Waals surface area (Å²) in [6.45, 7) is 7.55. The molecule has 1 aromatic carbocycles. The molecule has 0 spiro atoms. The van der Waals surface area contributed by atoms with Gasteiger partial charge in [0.1, 0.15) is 30.4 Å². The van der Waals surface area contributed by atoms with Crippen LogP contribution in [0.3, 0.4) is 0 Å². The maximum atomic E-state index is 13.0. The molecule has 0 unspecified atom stereocenters. The van der Waals surface area contributed by atoms with E-state index in [1.54, 1.807) is 12.1 Å². The normalized spacial score (nSPS) is 11.6. The van der Waals surface area contributed by atoms with Gasteiger partial charge in [0.2, 0.25) is 0 Å². The summed E-state index contributed by atoms with van der Waals surface area (Å²) in [5.74, 6) is -0.926. The van der Waals surface area contributed by atoms with E-state index < -0.39 is 27.5 Å². The molecule has 0 radical (unpaired) electrons.